The fraction of sp³-hybridized carbons (Fsp3) is 0.500. The molecule has 1 fully saturated rings. The number of carboxylic acid groups (broad SMARTS) is 1. The molecule has 2 atom stereocenters. The Morgan fingerprint density at radius 1 is 1.24 bits per heavy atom. The lowest BCUT2D eigenvalue weighted by Crippen LogP contribution is -2.47. The summed E-state index contributed by atoms with van der Waals surface area (Å²) in [6.45, 7) is 3.77. The first-order valence-electron chi connectivity index (χ1n) is 7.97. The van der Waals surface area contributed by atoms with Crippen molar-refractivity contribution in [3.8, 4) is 0 Å². The number of carbonyl (C=O) groups excluding carboxylic acids is 1. The van der Waals surface area contributed by atoms with Crippen LogP contribution in [0.4, 0.5) is 0 Å². The Bertz CT molecular complexity index is 769. The molecule has 138 valence electrons. The Hall–Kier alpha value is -1.97. The minimum absolute atomic E-state index is 0.00549. The molecule has 1 aliphatic heterocycles. The number of nitrogens with zero attached hydrogens (tertiary/aromatic N) is 1. The van der Waals surface area contributed by atoms with E-state index in [1.165, 1.54) is 29.4 Å². The molecule has 0 saturated carbocycles. The Labute approximate surface area is 146 Å². The number of hydrogen-bond donors (Lipinski definition) is 3. The molecule has 1 aliphatic rings. The predicted molar refractivity (Wildman–Crippen MR) is 89.7 cm³/mol. The fourth-order valence-corrected chi connectivity index (χ4v) is 4.24. The minimum Gasteiger partial charge on any atom is -0.480 e. The van der Waals surface area contributed by atoms with Gasteiger partial charge in [0.1, 0.15) is 0 Å². The van der Waals surface area contributed by atoms with E-state index in [-0.39, 0.29) is 10.5 Å². The molecular formula is C16H22N2O6S. The highest BCUT2D eigenvalue weighted by Gasteiger charge is 2.29. The summed E-state index contributed by atoms with van der Waals surface area (Å²) in [5.74, 6) is -2.12. The topological polar surface area (TPSA) is 124 Å². The van der Waals surface area contributed by atoms with Crippen LogP contribution in [0.25, 0.3) is 0 Å². The molecule has 9 heteroatoms. The van der Waals surface area contributed by atoms with Gasteiger partial charge >= 0.3 is 5.97 Å². The van der Waals surface area contributed by atoms with Gasteiger partial charge in [-0.05, 0) is 44.4 Å². The van der Waals surface area contributed by atoms with Crippen LogP contribution in [0, 0.1) is 6.92 Å². The van der Waals surface area contributed by atoms with Crippen molar-refractivity contribution in [2.24, 2.45) is 0 Å². The van der Waals surface area contributed by atoms with Gasteiger partial charge in [0.05, 0.1) is 11.0 Å². The summed E-state index contributed by atoms with van der Waals surface area (Å²) in [6.07, 6.45) is 0.304. The van der Waals surface area contributed by atoms with Crippen molar-refractivity contribution in [3.63, 3.8) is 0 Å². The number of carbonyl (C=O) groups is 2. The number of aryl methyl sites for hydroxylation is 1. The zero-order chi connectivity index (χ0) is 18.8. The van der Waals surface area contributed by atoms with E-state index in [1.54, 1.807) is 6.92 Å². The average molecular weight is 370 g/mol. The van der Waals surface area contributed by atoms with E-state index in [0.29, 0.717) is 18.7 Å². The van der Waals surface area contributed by atoms with Crippen LogP contribution in [0.15, 0.2) is 23.1 Å². The molecule has 2 rings (SSSR count). The van der Waals surface area contributed by atoms with Gasteiger partial charge in [-0.15, -0.1) is 0 Å². The van der Waals surface area contributed by atoms with E-state index in [9.17, 15) is 23.1 Å². The first-order chi connectivity index (χ1) is 11.6. The molecule has 0 unspecified atom stereocenters. The van der Waals surface area contributed by atoms with Crippen LogP contribution in [0.3, 0.4) is 0 Å². The summed E-state index contributed by atoms with van der Waals surface area (Å²) in [7, 11) is -3.68. The van der Waals surface area contributed by atoms with Gasteiger partial charge in [-0.3, -0.25) is 4.79 Å². The summed E-state index contributed by atoms with van der Waals surface area (Å²) < 4.78 is 26.6. The zero-order valence-electron chi connectivity index (χ0n) is 14.1. The Morgan fingerprint density at radius 3 is 2.36 bits per heavy atom. The van der Waals surface area contributed by atoms with Crippen molar-refractivity contribution in [2.75, 3.05) is 13.1 Å². The Balaban J connectivity index is 2.32. The number of rotatable bonds is 6. The minimum atomic E-state index is -3.68. The maximum Gasteiger partial charge on any atom is 0.328 e. The van der Waals surface area contributed by atoms with Crippen molar-refractivity contribution in [2.45, 2.75) is 43.7 Å². The molecular weight excluding hydrogens is 348 g/mol. The Kier molecular flexibility index (Phi) is 5.81. The van der Waals surface area contributed by atoms with E-state index in [0.717, 1.165) is 12.8 Å². The standard InChI is InChI=1S/C16H22N2O6S/c1-10-5-6-12(25(23,24)18-7-3-4-8-18)9-13(10)15(20)17-14(11(2)19)16(21)22/h5-6,9,11,14,19H,3-4,7-8H2,1-2H3,(H,17,20)(H,21,22)/t11-,14-/m1/s1. The lowest BCUT2D eigenvalue weighted by atomic mass is 10.1. The maximum atomic E-state index is 12.6. The lowest BCUT2D eigenvalue weighted by molar-refractivity contribution is -0.141. The van der Waals surface area contributed by atoms with Gasteiger partial charge in [0.2, 0.25) is 10.0 Å². The third-order valence-corrected chi connectivity index (χ3v) is 6.09. The highest BCUT2D eigenvalue weighted by molar-refractivity contribution is 7.89. The predicted octanol–water partition coefficient (Wildman–Crippen LogP) is 0.343. The Morgan fingerprint density at radius 2 is 1.84 bits per heavy atom. The molecule has 8 nitrogen and oxygen atoms in total. The van der Waals surface area contributed by atoms with E-state index >= 15 is 0 Å². The van der Waals surface area contributed by atoms with Crippen LogP contribution in [0.1, 0.15) is 35.7 Å². The summed E-state index contributed by atoms with van der Waals surface area (Å²) in [4.78, 5) is 23.5. The highest BCUT2D eigenvalue weighted by Crippen LogP contribution is 2.23. The van der Waals surface area contributed by atoms with Crippen molar-refractivity contribution < 1.29 is 28.2 Å². The quantitative estimate of drug-likeness (QED) is 0.663. The SMILES string of the molecule is Cc1ccc(S(=O)(=O)N2CCCC2)cc1C(=O)N[C@@H](C(=O)O)[C@@H](C)O. The highest BCUT2D eigenvalue weighted by atomic mass is 32.2. The number of aliphatic hydroxyl groups excluding tert-OH is 1. The van der Waals surface area contributed by atoms with Gasteiger partial charge in [0.15, 0.2) is 6.04 Å². The summed E-state index contributed by atoms with van der Waals surface area (Å²) in [6, 6.07) is 2.71. The van der Waals surface area contributed by atoms with E-state index in [4.69, 9.17) is 5.11 Å². The maximum absolute atomic E-state index is 12.6. The third kappa shape index (κ3) is 4.17. The number of benzene rings is 1. The van der Waals surface area contributed by atoms with Crippen LogP contribution < -0.4 is 5.32 Å². The lowest BCUT2D eigenvalue weighted by Gasteiger charge is -2.19. The molecule has 1 aromatic rings. The average Bonchev–Trinajstić information content (AvgIpc) is 3.07. The molecule has 1 amide bonds. The monoisotopic (exact) mass is 370 g/mol. The second kappa shape index (κ2) is 7.51. The van der Waals surface area contributed by atoms with Crippen LogP contribution in [0.2, 0.25) is 0 Å². The second-order valence-corrected chi connectivity index (χ2v) is 8.06. The largest absolute Gasteiger partial charge is 0.480 e. The van der Waals surface area contributed by atoms with Gasteiger partial charge in [0.25, 0.3) is 5.91 Å². The zero-order valence-corrected chi connectivity index (χ0v) is 14.9. The normalized spacial score (nSPS) is 17.9. The molecule has 0 radical (unpaired) electrons. The summed E-state index contributed by atoms with van der Waals surface area (Å²) in [5.41, 5.74) is 0.569. The van der Waals surface area contributed by atoms with Crippen molar-refractivity contribution in [3.05, 3.63) is 29.3 Å². The number of amides is 1. The number of aliphatic carboxylic acids is 1. The number of sulfonamides is 1. The summed E-state index contributed by atoms with van der Waals surface area (Å²) in [5, 5.41) is 20.8. The van der Waals surface area contributed by atoms with Crippen LogP contribution >= 0.6 is 0 Å². The smallest absolute Gasteiger partial charge is 0.328 e. The van der Waals surface area contributed by atoms with E-state index < -0.39 is 34.0 Å². The van der Waals surface area contributed by atoms with Crippen molar-refractivity contribution in [1.82, 2.24) is 9.62 Å². The molecule has 1 saturated heterocycles. The van der Waals surface area contributed by atoms with Gasteiger partial charge in [-0.1, -0.05) is 6.07 Å². The van der Waals surface area contributed by atoms with Gasteiger partial charge in [-0.25, -0.2) is 13.2 Å². The first kappa shape index (κ1) is 19.4. The van der Waals surface area contributed by atoms with E-state index in [2.05, 4.69) is 5.32 Å². The van der Waals surface area contributed by atoms with Gasteiger partial charge < -0.3 is 15.5 Å². The van der Waals surface area contributed by atoms with E-state index in [1.807, 2.05) is 0 Å². The van der Waals surface area contributed by atoms with Crippen LogP contribution in [-0.2, 0) is 14.8 Å². The molecule has 0 spiro atoms. The van der Waals surface area contributed by atoms with Crippen LogP contribution in [0.5, 0.6) is 0 Å². The molecule has 1 aromatic carbocycles. The number of nitrogens with one attached hydrogen (secondary N) is 1. The summed E-state index contributed by atoms with van der Waals surface area (Å²) >= 11 is 0. The number of carboxylic acids is 1. The molecule has 0 aromatic heterocycles. The fourth-order valence-electron chi connectivity index (χ4n) is 2.69. The third-order valence-electron chi connectivity index (χ3n) is 4.19. The molecule has 1 heterocycles. The number of hydrogen-bond acceptors (Lipinski definition) is 5. The molecule has 3 N–H and O–H groups in total. The van der Waals surface area contributed by atoms with Crippen molar-refractivity contribution in [1.29, 1.82) is 0 Å². The van der Waals surface area contributed by atoms with Gasteiger partial charge in [0, 0.05) is 18.7 Å². The second-order valence-electron chi connectivity index (χ2n) is 6.12. The molecule has 0 aliphatic carbocycles. The van der Waals surface area contributed by atoms with Crippen molar-refractivity contribution >= 4 is 21.9 Å². The molecule has 0 bridgehead atoms. The van der Waals surface area contributed by atoms with Crippen LogP contribution in [-0.4, -0.2) is 60.0 Å². The number of aliphatic hydroxyl groups is 1. The first-order valence-corrected chi connectivity index (χ1v) is 9.41. The van der Waals surface area contributed by atoms with Gasteiger partial charge in [-0.2, -0.15) is 4.31 Å². The molecule has 25 heavy (non-hydrogen) atoms.